The Bertz CT molecular complexity index is 574. The van der Waals surface area contributed by atoms with E-state index in [1.807, 2.05) is 13.0 Å². The summed E-state index contributed by atoms with van der Waals surface area (Å²) >= 11 is 2.90. The van der Waals surface area contributed by atoms with E-state index in [0.717, 1.165) is 9.35 Å². The molecular weight excluding hydrogens is 257 g/mol. The Morgan fingerprint density at radius 3 is 2.94 bits per heavy atom. The Hall–Kier alpha value is -1.45. The molecule has 0 amide bonds. The minimum atomic E-state index is -0.294. The molecule has 0 saturated carbocycles. The number of halogens is 1. The summed E-state index contributed by atoms with van der Waals surface area (Å²) < 4.78 is 14.3. The van der Waals surface area contributed by atoms with Crippen molar-refractivity contribution in [3.05, 3.63) is 40.2 Å². The highest BCUT2D eigenvalue weighted by molar-refractivity contribution is 8.00. The SMILES string of the molecule is Cc1nnc(SCc2cc(C#N)ccc2F)s1. The fraction of sp³-hybridized carbons (Fsp3) is 0.182. The van der Waals surface area contributed by atoms with E-state index in [9.17, 15) is 4.39 Å². The van der Waals surface area contributed by atoms with Crippen molar-refractivity contribution < 1.29 is 4.39 Å². The largest absolute Gasteiger partial charge is 0.207 e. The number of nitriles is 1. The predicted molar refractivity (Wildman–Crippen MR) is 65.3 cm³/mol. The average Bonchev–Trinajstić information content (AvgIpc) is 2.74. The Kier molecular flexibility index (Phi) is 3.71. The standard InChI is InChI=1S/C11H8FN3S2/c1-7-14-15-11(17-7)16-6-9-4-8(5-13)2-3-10(9)12/h2-4H,6H2,1H3. The van der Waals surface area contributed by atoms with Crippen LogP contribution in [0.4, 0.5) is 4.39 Å². The highest BCUT2D eigenvalue weighted by atomic mass is 32.2. The summed E-state index contributed by atoms with van der Waals surface area (Å²) in [6.45, 7) is 1.87. The molecule has 0 unspecified atom stereocenters. The van der Waals surface area contributed by atoms with Gasteiger partial charge in [-0.2, -0.15) is 5.26 Å². The molecule has 0 aliphatic rings. The van der Waals surface area contributed by atoms with Gasteiger partial charge in [0.1, 0.15) is 10.8 Å². The van der Waals surface area contributed by atoms with Crippen LogP contribution in [0.15, 0.2) is 22.5 Å². The predicted octanol–water partition coefficient (Wildman–Crippen LogP) is 3.15. The van der Waals surface area contributed by atoms with Gasteiger partial charge < -0.3 is 0 Å². The first kappa shape index (κ1) is 12.0. The smallest absolute Gasteiger partial charge is 0.174 e. The van der Waals surface area contributed by atoms with E-state index in [-0.39, 0.29) is 5.82 Å². The summed E-state index contributed by atoms with van der Waals surface area (Å²) in [7, 11) is 0. The fourth-order valence-electron chi connectivity index (χ4n) is 1.23. The maximum absolute atomic E-state index is 13.5. The summed E-state index contributed by atoms with van der Waals surface area (Å²) in [6, 6.07) is 6.35. The molecule has 0 aliphatic heterocycles. The van der Waals surface area contributed by atoms with Crippen molar-refractivity contribution >= 4 is 23.1 Å². The number of aryl methyl sites for hydroxylation is 1. The van der Waals surface area contributed by atoms with Gasteiger partial charge in [-0.25, -0.2) is 4.39 Å². The van der Waals surface area contributed by atoms with Crippen LogP contribution in [0.2, 0.25) is 0 Å². The lowest BCUT2D eigenvalue weighted by Gasteiger charge is -2.01. The normalized spacial score (nSPS) is 10.2. The molecule has 0 saturated heterocycles. The van der Waals surface area contributed by atoms with Crippen LogP contribution in [0.3, 0.4) is 0 Å². The van der Waals surface area contributed by atoms with Crippen LogP contribution in [0, 0.1) is 24.1 Å². The highest BCUT2D eigenvalue weighted by Crippen LogP contribution is 2.26. The minimum Gasteiger partial charge on any atom is -0.207 e. The Morgan fingerprint density at radius 1 is 1.47 bits per heavy atom. The van der Waals surface area contributed by atoms with E-state index in [0.29, 0.717) is 16.9 Å². The van der Waals surface area contributed by atoms with Gasteiger partial charge in [0.25, 0.3) is 0 Å². The van der Waals surface area contributed by atoms with Gasteiger partial charge in [0, 0.05) is 5.75 Å². The summed E-state index contributed by atoms with van der Waals surface area (Å²) in [5, 5.41) is 17.5. The third-order valence-corrected chi connectivity index (χ3v) is 4.05. The molecule has 17 heavy (non-hydrogen) atoms. The summed E-state index contributed by atoms with van der Waals surface area (Å²) in [4.78, 5) is 0. The molecule has 0 radical (unpaired) electrons. The molecule has 0 bridgehead atoms. The van der Waals surface area contributed by atoms with Crippen LogP contribution in [0.25, 0.3) is 0 Å². The highest BCUT2D eigenvalue weighted by Gasteiger charge is 2.07. The molecule has 1 aromatic heterocycles. The van der Waals surface area contributed by atoms with E-state index in [1.165, 1.54) is 35.2 Å². The Labute approximate surface area is 106 Å². The number of thioether (sulfide) groups is 1. The average molecular weight is 265 g/mol. The van der Waals surface area contributed by atoms with Crippen LogP contribution >= 0.6 is 23.1 Å². The van der Waals surface area contributed by atoms with Gasteiger partial charge >= 0.3 is 0 Å². The molecule has 2 aromatic rings. The summed E-state index contributed by atoms with van der Waals surface area (Å²) in [5.74, 6) is 0.161. The van der Waals surface area contributed by atoms with Gasteiger partial charge in [-0.3, -0.25) is 0 Å². The van der Waals surface area contributed by atoms with Crippen molar-refractivity contribution in [2.45, 2.75) is 17.0 Å². The van der Waals surface area contributed by atoms with Crippen molar-refractivity contribution in [1.29, 1.82) is 5.26 Å². The lowest BCUT2D eigenvalue weighted by molar-refractivity contribution is 0.617. The number of benzene rings is 1. The second-order valence-corrected chi connectivity index (χ2v) is 5.70. The lowest BCUT2D eigenvalue weighted by atomic mass is 10.1. The van der Waals surface area contributed by atoms with E-state index < -0.39 is 0 Å². The van der Waals surface area contributed by atoms with Crippen molar-refractivity contribution in [3.63, 3.8) is 0 Å². The summed E-state index contributed by atoms with van der Waals surface area (Å²) in [5.41, 5.74) is 0.984. The molecule has 0 spiro atoms. The van der Waals surface area contributed by atoms with Gasteiger partial charge in [-0.15, -0.1) is 10.2 Å². The zero-order valence-electron chi connectivity index (χ0n) is 8.98. The van der Waals surface area contributed by atoms with Gasteiger partial charge in [0.15, 0.2) is 4.34 Å². The number of hydrogen-bond acceptors (Lipinski definition) is 5. The van der Waals surface area contributed by atoms with Crippen LogP contribution in [0.5, 0.6) is 0 Å². The van der Waals surface area contributed by atoms with Crippen LogP contribution < -0.4 is 0 Å². The fourth-order valence-corrected chi connectivity index (χ4v) is 3.02. The maximum atomic E-state index is 13.5. The number of hydrogen-bond donors (Lipinski definition) is 0. The monoisotopic (exact) mass is 265 g/mol. The Morgan fingerprint density at radius 2 is 2.29 bits per heavy atom. The third-order valence-electron chi connectivity index (χ3n) is 2.03. The second-order valence-electron chi connectivity index (χ2n) is 3.29. The zero-order valence-corrected chi connectivity index (χ0v) is 10.6. The number of nitrogens with zero attached hydrogens (tertiary/aromatic N) is 3. The van der Waals surface area contributed by atoms with E-state index in [1.54, 1.807) is 6.07 Å². The molecule has 2 rings (SSSR count). The van der Waals surface area contributed by atoms with Crippen molar-refractivity contribution in [2.75, 3.05) is 0 Å². The molecule has 1 aromatic carbocycles. The zero-order chi connectivity index (χ0) is 12.3. The van der Waals surface area contributed by atoms with Gasteiger partial charge in [0.2, 0.25) is 0 Å². The van der Waals surface area contributed by atoms with Crippen LogP contribution in [-0.2, 0) is 5.75 Å². The van der Waals surface area contributed by atoms with Crippen LogP contribution in [-0.4, -0.2) is 10.2 Å². The van der Waals surface area contributed by atoms with Crippen LogP contribution in [0.1, 0.15) is 16.1 Å². The molecule has 86 valence electrons. The first-order chi connectivity index (χ1) is 8.19. The van der Waals surface area contributed by atoms with Gasteiger partial charge in [-0.05, 0) is 30.7 Å². The Balaban J connectivity index is 2.11. The third kappa shape index (κ3) is 3.02. The molecule has 0 N–H and O–H groups in total. The molecule has 0 atom stereocenters. The van der Waals surface area contributed by atoms with E-state index >= 15 is 0 Å². The number of aromatic nitrogens is 2. The topological polar surface area (TPSA) is 49.6 Å². The number of rotatable bonds is 3. The van der Waals surface area contributed by atoms with Crippen molar-refractivity contribution in [1.82, 2.24) is 10.2 Å². The summed E-state index contributed by atoms with van der Waals surface area (Å²) in [6.07, 6.45) is 0. The quantitative estimate of drug-likeness (QED) is 0.800. The van der Waals surface area contributed by atoms with E-state index in [4.69, 9.17) is 5.26 Å². The molecule has 1 heterocycles. The van der Waals surface area contributed by atoms with Gasteiger partial charge in [-0.1, -0.05) is 23.1 Å². The van der Waals surface area contributed by atoms with Crippen molar-refractivity contribution in [2.24, 2.45) is 0 Å². The maximum Gasteiger partial charge on any atom is 0.174 e. The molecule has 3 nitrogen and oxygen atoms in total. The first-order valence-electron chi connectivity index (χ1n) is 4.80. The minimum absolute atomic E-state index is 0.294. The first-order valence-corrected chi connectivity index (χ1v) is 6.60. The lowest BCUT2D eigenvalue weighted by Crippen LogP contribution is -1.89. The van der Waals surface area contributed by atoms with Crippen molar-refractivity contribution in [3.8, 4) is 6.07 Å². The van der Waals surface area contributed by atoms with Gasteiger partial charge in [0.05, 0.1) is 11.6 Å². The molecule has 6 heteroatoms. The van der Waals surface area contributed by atoms with E-state index in [2.05, 4.69) is 10.2 Å². The second kappa shape index (κ2) is 5.25. The molecular formula is C11H8FN3S2. The molecule has 0 aliphatic carbocycles. The molecule has 0 fully saturated rings.